The number of allylic oxidation sites excluding steroid dienone is 5. The van der Waals surface area contributed by atoms with Gasteiger partial charge >= 0.3 is 6.03 Å². The number of nitrogens with zero attached hydrogens (tertiary/aromatic N) is 2. The monoisotopic (exact) mass is 509 g/mol. The Balaban J connectivity index is 0.000000232. The van der Waals surface area contributed by atoms with Crippen molar-refractivity contribution in [1.82, 2.24) is 10.3 Å². The molecule has 0 aromatic rings. The van der Waals surface area contributed by atoms with Crippen molar-refractivity contribution in [3.63, 3.8) is 0 Å². The Morgan fingerprint density at radius 3 is 2.62 bits per heavy atom. The lowest BCUT2D eigenvalue weighted by atomic mass is 9.48. The van der Waals surface area contributed by atoms with E-state index in [2.05, 4.69) is 37.1 Å². The van der Waals surface area contributed by atoms with Gasteiger partial charge in [-0.05, 0) is 61.2 Å². The second-order valence-electron chi connectivity index (χ2n) is 9.99. The maximum absolute atomic E-state index is 12.4. The molecule has 7 nitrogen and oxygen atoms in total. The van der Waals surface area contributed by atoms with E-state index >= 15 is 0 Å². The highest BCUT2D eigenvalue weighted by Gasteiger charge is 2.59. The van der Waals surface area contributed by atoms with E-state index < -0.39 is 6.03 Å². The highest BCUT2D eigenvalue weighted by Crippen LogP contribution is 2.64. The molecule has 4 rings (SSSR count). The Kier molecular flexibility index (Phi) is 8.40. The summed E-state index contributed by atoms with van der Waals surface area (Å²) in [6.07, 6.45) is 10.5. The van der Waals surface area contributed by atoms with Gasteiger partial charge in [0.05, 0.1) is 11.8 Å². The first-order chi connectivity index (χ1) is 16.1. The second kappa shape index (κ2) is 10.7. The van der Waals surface area contributed by atoms with Crippen molar-refractivity contribution < 1.29 is 14.4 Å². The molecule has 0 bridgehead atoms. The predicted octanol–water partition coefficient (Wildman–Crippen LogP) is 5.19. The smallest absolute Gasteiger partial charge is 0.335 e. The number of rotatable bonds is 5. The summed E-state index contributed by atoms with van der Waals surface area (Å²) in [7, 11) is 0. The van der Waals surface area contributed by atoms with Crippen LogP contribution in [0.25, 0.3) is 0 Å². The van der Waals surface area contributed by atoms with E-state index in [0.29, 0.717) is 41.0 Å². The molecule has 3 fully saturated rings. The Hall–Kier alpha value is -1.99. The number of hydrogen-bond donors (Lipinski definition) is 1. The summed E-state index contributed by atoms with van der Waals surface area (Å²) in [5.41, 5.74) is 2.09. The molecule has 0 aliphatic heterocycles. The van der Waals surface area contributed by atoms with E-state index in [1.54, 1.807) is 12.2 Å². The van der Waals surface area contributed by atoms with Crippen LogP contribution in [0.1, 0.15) is 46.0 Å². The lowest BCUT2D eigenvalue weighted by Gasteiger charge is -2.56. The first-order valence-electron chi connectivity index (χ1n) is 11.8. The molecule has 4 aliphatic rings. The van der Waals surface area contributed by atoms with Gasteiger partial charge in [0.2, 0.25) is 0 Å². The molecular weight excluding hydrogens is 477 g/mol. The standard InChI is InChI=1S/C20H24O2.C5H9Cl2N3O2/c1-12-10-14-15-4-5-18(22)20(15,3)9-7-16(14)19(2)8-6-13(21)11-17(12)19;6-1-3-8-5(11)10(9-12)4-2-7/h6,8,11,14-16H,1,4-5,7,9-10H2,2-3H3;1-4H2,(H,8,11)/t14-,15-,16-,19+,20-;/m0./s1. The molecule has 2 amide bonds. The highest BCUT2D eigenvalue weighted by atomic mass is 35.5. The van der Waals surface area contributed by atoms with Crippen molar-refractivity contribution in [2.45, 2.75) is 46.0 Å². The Morgan fingerprint density at radius 1 is 1.24 bits per heavy atom. The van der Waals surface area contributed by atoms with Crippen molar-refractivity contribution in [2.75, 3.05) is 24.8 Å². The van der Waals surface area contributed by atoms with Gasteiger partial charge in [-0.1, -0.05) is 32.1 Å². The maximum Gasteiger partial charge on any atom is 0.340 e. The van der Waals surface area contributed by atoms with Gasteiger partial charge in [0.25, 0.3) is 0 Å². The zero-order chi connectivity index (χ0) is 25.1. The summed E-state index contributed by atoms with van der Waals surface area (Å²) < 4.78 is 0. The number of alkyl halides is 2. The summed E-state index contributed by atoms with van der Waals surface area (Å²) in [4.78, 5) is 45.1. The average molecular weight is 510 g/mol. The summed E-state index contributed by atoms with van der Waals surface area (Å²) in [6.45, 7) is 9.14. The van der Waals surface area contributed by atoms with Crippen LogP contribution in [0.2, 0.25) is 0 Å². The first-order valence-corrected chi connectivity index (χ1v) is 12.9. The highest BCUT2D eigenvalue weighted by molar-refractivity contribution is 6.18. The zero-order valence-corrected chi connectivity index (χ0v) is 21.3. The fourth-order valence-electron chi connectivity index (χ4n) is 6.48. The van der Waals surface area contributed by atoms with E-state index in [1.165, 1.54) is 0 Å². The lowest BCUT2D eigenvalue weighted by molar-refractivity contribution is -0.131. The minimum Gasteiger partial charge on any atom is -0.335 e. The molecule has 0 spiro atoms. The molecule has 5 atom stereocenters. The Labute approximate surface area is 210 Å². The normalized spacial score (nSPS) is 33.6. The van der Waals surface area contributed by atoms with Gasteiger partial charge in [0.1, 0.15) is 5.78 Å². The number of halogens is 2. The van der Waals surface area contributed by atoms with Crippen molar-refractivity contribution in [2.24, 2.45) is 33.9 Å². The van der Waals surface area contributed by atoms with Crippen LogP contribution in [0.4, 0.5) is 4.79 Å². The molecule has 9 heteroatoms. The van der Waals surface area contributed by atoms with Crippen LogP contribution in [0.5, 0.6) is 0 Å². The topological polar surface area (TPSA) is 95.9 Å². The molecule has 0 heterocycles. The van der Waals surface area contributed by atoms with Gasteiger partial charge < -0.3 is 5.32 Å². The van der Waals surface area contributed by atoms with Crippen molar-refractivity contribution in [3.8, 4) is 0 Å². The number of amides is 2. The Morgan fingerprint density at radius 2 is 1.97 bits per heavy atom. The second-order valence-corrected chi connectivity index (χ2v) is 10.7. The van der Waals surface area contributed by atoms with Gasteiger partial charge in [-0.3, -0.25) is 9.59 Å². The Bertz CT molecular complexity index is 933. The minimum atomic E-state index is -0.578. The third kappa shape index (κ3) is 4.87. The SMILES string of the molecule is C=C1C[C@@H]2[C@H](CC[C@]3(C)C(=O)CC[C@@H]23)[C@@]2(C)C=CC(=O)C=C12.O=NN(CCCl)C(=O)NCCCl. The van der Waals surface area contributed by atoms with Crippen LogP contribution < -0.4 is 5.32 Å². The van der Waals surface area contributed by atoms with Gasteiger partial charge in [0.15, 0.2) is 5.78 Å². The van der Waals surface area contributed by atoms with Crippen molar-refractivity contribution >= 4 is 40.8 Å². The molecule has 0 saturated heterocycles. The van der Waals surface area contributed by atoms with Crippen molar-refractivity contribution in [1.29, 1.82) is 0 Å². The zero-order valence-electron chi connectivity index (χ0n) is 19.8. The lowest BCUT2D eigenvalue weighted by Crippen LogP contribution is -2.50. The molecule has 0 radical (unpaired) electrons. The number of fused-ring (bicyclic) bond motifs is 5. The van der Waals surface area contributed by atoms with Crippen LogP contribution >= 0.6 is 23.2 Å². The van der Waals surface area contributed by atoms with Crippen LogP contribution in [0.3, 0.4) is 0 Å². The molecule has 0 aromatic heterocycles. The van der Waals surface area contributed by atoms with Crippen LogP contribution in [-0.4, -0.2) is 47.5 Å². The number of ketones is 2. The van der Waals surface area contributed by atoms with E-state index in [-0.39, 0.29) is 29.0 Å². The average Bonchev–Trinajstić information content (AvgIpc) is 3.12. The number of carbonyl (C=O) groups excluding carboxylic acids is 3. The molecule has 0 unspecified atom stereocenters. The number of nitrogens with one attached hydrogen (secondary N) is 1. The van der Waals surface area contributed by atoms with Crippen LogP contribution in [-0.2, 0) is 9.59 Å². The number of carbonyl (C=O) groups is 3. The summed E-state index contributed by atoms with van der Waals surface area (Å²) in [6, 6.07) is -0.578. The molecule has 34 heavy (non-hydrogen) atoms. The molecule has 3 saturated carbocycles. The minimum absolute atomic E-state index is 0.0686. The van der Waals surface area contributed by atoms with Gasteiger partial charge in [-0.2, -0.15) is 5.01 Å². The van der Waals surface area contributed by atoms with E-state index in [0.717, 1.165) is 43.3 Å². The van der Waals surface area contributed by atoms with Gasteiger partial charge in [-0.15, -0.1) is 28.1 Å². The molecule has 0 aromatic carbocycles. The predicted molar refractivity (Wildman–Crippen MR) is 133 cm³/mol. The van der Waals surface area contributed by atoms with E-state index in [1.807, 2.05) is 0 Å². The summed E-state index contributed by atoms with van der Waals surface area (Å²) in [5, 5.41) is 5.55. The first kappa shape index (κ1) is 26.6. The third-order valence-corrected chi connectivity index (χ3v) is 8.60. The van der Waals surface area contributed by atoms with Gasteiger partial charge in [-0.25, -0.2) is 4.79 Å². The van der Waals surface area contributed by atoms with Gasteiger partial charge in [0, 0.05) is 35.6 Å². The van der Waals surface area contributed by atoms with Crippen molar-refractivity contribution in [3.05, 3.63) is 40.9 Å². The number of hydrogen-bond acceptors (Lipinski definition) is 5. The fourth-order valence-corrected chi connectivity index (χ4v) is 6.74. The molecule has 4 aliphatic carbocycles. The van der Waals surface area contributed by atoms with Crippen LogP contribution in [0, 0.1) is 33.5 Å². The largest absolute Gasteiger partial charge is 0.340 e. The number of Topliss-reactive ketones (excluding diaryl/α,β-unsaturated/α-hetero) is 1. The fraction of sp³-hybridized carbons (Fsp3) is 0.640. The van der Waals surface area contributed by atoms with E-state index in [4.69, 9.17) is 23.2 Å². The molecular formula is C25H33Cl2N3O4. The summed E-state index contributed by atoms with van der Waals surface area (Å²) in [5.74, 6) is 2.60. The number of urea groups is 1. The van der Waals surface area contributed by atoms with E-state index in [9.17, 15) is 19.3 Å². The number of nitroso groups, excluding NO2 is 1. The quantitative estimate of drug-likeness (QED) is 0.313. The van der Waals surface area contributed by atoms with Crippen LogP contribution in [0.15, 0.2) is 41.2 Å². The molecule has 186 valence electrons. The maximum atomic E-state index is 12.4. The molecule has 1 N–H and O–H groups in total. The summed E-state index contributed by atoms with van der Waals surface area (Å²) >= 11 is 10.6. The third-order valence-electron chi connectivity index (χ3n) is 8.24.